The minimum atomic E-state index is -0.590. The predicted octanol–water partition coefficient (Wildman–Crippen LogP) is 2.87. The Balaban J connectivity index is 1.58. The van der Waals surface area contributed by atoms with E-state index in [-0.39, 0.29) is 31.2 Å². The first-order valence-corrected chi connectivity index (χ1v) is 9.30. The second kappa shape index (κ2) is 8.81. The van der Waals surface area contributed by atoms with Crippen molar-refractivity contribution in [3.63, 3.8) is 0 Å². The molecule has 1 atom stereocenters. The van der Waals surface area contributed by atoms with Crippen LogP contribution in [0.4, 0.5) is 5.69 Å². The number of aryl methyl sites for hydroxylation is 1. The number of rotatable bonds is 7. The number of hydrogen-bond donors (Lipinski definition) is 0. The topological polar surface area (TPSA) is 95.3 Å². The number of nitrogens with zero attached hydrogens (tertiary/aromatic N) is 1. The minimum Gasteiger partial charge on any atom is -0.494 e. The van der Waals surface area contributed by atoms with Gasteiger partial charge in [-0.25, -0.2) is 4.79 Å². The third kappa shape index (κ3) is 4.59. The molecule has 154 valence electrons. The lowest BCUT2D eigenvalue weighted by Gasteiger charge is -2.17. The van der Waals surface area contributed by atoms with E-state index in [1.54, 1.807) is 42.2 Å². The van der Waals surface area contributed by atoms with E-state index in [1.165, 1.54) is 7.11 Å². The van der Waals surface area contributed by atoms with Crippen molar-refractivity contribution in [2.75, 3.05) is 25.2 Å². The second-order valence-corrected chi connectivity index (χ2v) is 6.66. The van der Waals surface area contributed by atoms with Gasteiger partial charge >= 0.3 is 11.9 Å². The molecular weight excluding hydrogens is 378 g/mol. The van der Waals surface area contributed by atoms with Gasteiger partial charge in [-0.1, -0.05) is 0 Å². The maximum absolute atomic E-state index is 12.4. The first kappa shape index (κ1) is 20.4. The Kier molecular flexibility index (Phi) is 6.21. The summed E-state index contributed by atoms with van der Waals surface area (Å²) in [6, 6.07) is 8.77. The quantitative estimate of drug-likeness (QED) is 0.658. The van der Waals surface area contributed by atoms with Crippen molar-refractivity contribution in [1.29, 1.82) is 0 Å². The highest BCUT2D eigenvalue weighted by molar-refractivity contribution is 5.99. The number of carbonyl (C=O) groups excluding carboxylic acids is 3. The molecule has 2 aromatic rings. The van der Waals surface area contributed by atoms with Crippen LogP contribution in [-0.4, -0.2) is 38.1 Å². The highest BCUT2D eigenvalue weighted by Crippen LogP contribution is 2.28. The molecule has 1 unspecified atom stereocenters. The molecule has 3 rings (SSSR count). The van der Waals surface area contributed by atoms with Crippen molar-refractivity contribution in [1.82, 2.24) is 0 Å². The molecule has 1 aliphatic rings. The molecule has 2 heterocycles. The second-order valence-electron chi connectivity index (χ2n) is 6.66. The molecule has 0 bridgehead atoms. The number of carbonyl (C=O) groups is 3. The molecule has 29 heavy (non-hydrogen) atoms. The zero-order valence-corrected chi connectivity index (χ0v) is 16.6. The van der Waals surface area contributed by atoms with Crippen molar-refractivity contribution in [3.05, 3.63) is 47.4 Å². The van der Waals surface area contributed by atoms with Gasteiger partial charge in [-0.2, -0.15) is 0 Å². The number of benzene rings is 1. The van der Waals surface area contributed by atoms with Crippen LogP contribution in [0.5, 0.6) is 5.75 Å². The first-order chi connectivity index (χ1) is 13.9. The number of ether oxygens (including phenoxy) is 3. The Morgan fingerprint density at radius 3 is 2.62 bits per heavy atom. The molecule has 0 radical (unpaired) electrons. The van der Waals surface area contributed by atoms with Gasteiger partial charge < -0.3 is 23.5 Å². The Morgan fingerprint density at radius 2 is 1.97 bits per heavy atom. The van der Waals surface area contributed by atoms with Crippen molar-refractivity contribution < 1.29 is 33.0 Å². The van der Waals surface area contributed by atoms with Crippen molar-refractivity contribution in [3.8, 4) is 5.75 Å². The van der Waals surface area contributed by atoms with Crippen LogP contribution in [0.2, 0.25) is 0 Å². The largest absolute Gasteiger partial charge is 0.494 e. The lowest BCUT2D eigenvalue weighted by Crippen LogP contribution is -2.26. The molecule has 0 aliphatic carbocycles. The lowest BCUT2D eigenvalue weighted by atomic mass is 10.1. The van der Waals surface area contributed by atoms with E-state index in [4.69, 9.17) is 13.9 Å². The SMILES string of the molecule is CCOc1ccc(N2CC(C(=O)OCc3cc(C)c(C(=O)OC)o3)CC2=O)cc1. The van der Waals surface area contributed by atoms with Crippen LogP contribution in [0.3, 0.4) is 0 Å². The van der Waals surface area contributed by atoms with Gasteiger partial charge in [0.15, 0.2) is 0 Å². The van der Waals surface area contributed by atoms with Gasteiger partial charge in [0.05, 0.1) is 19.6 Å². The number of esters is 2. The molecule has 8 nitrogen and oxygen atoms in total. The normalized spacial score (nSPS) is 16.0. The van der Waals surface area contributed by atoms with E-state index < -0.39 is 17.9 Å². The fraction of sp³-hybridized carbons (Fsp3) is 0.381. The van der Waals surface area contributed by atoms with Crippen LogP contribution >= 0.6 is 0 Å². The molecule has 1 fully saturated rings. The molecule has 1 amide bonds. The van der Waals surface area contributed by atoms with E-state index in [0.29, 0.717) is 23.6 Å². The molecule has 8 heteroatoms. The summed E-state index contributed by atoms with van der Waals surface area (Å²) in [6.45, 7) is 4.28. The average Bonchev–Trinajstić information content (AvgIpc) is 3.29. The summed E-state index contributed by atoms with van der Waals surface area (Å²) in [6.07, 6.45) is 0.0800. The Bertz CT molecular complexity index is 900. The average molecular weight is 401 g/mol. The number of amides is 1. The molecular formula is C21H23NO7. The molecule has 1 saturated heterocycles. The van der Waals surface area contributed by atoms with E-state index in [9.17, 15) is 14.4 Å². The van der Waals surface area contributed by atoms with Crippen molar-refractivity contribution in [2.45, 2.75) is 26.9 Å². The smallest absolute Gasteiger partial charge is 0.374 e. The first-order valence-electron chi connectivity index (χ1n) is 9.30. The van der Waals surface area contributed by atoms with Gasteiger partial charge in [-0.05, 0) is 44.2 Å². The highest BCUT2D eigenvalue weighted by Gasteiger charge is 2.36. The standard InChI is InChI=1S/C21H23NO7/c1-4-27-16-7-5-15(6-8-16)22-11-14(10-18(22)23)20(24)28-12-17-9-13(2)19(29-17)21(25)26-3/h5-9,14H,4,10-12H2,1-3H3. The molecule has 0 spiro atoms. The maximum atomic E-state index is 12.4. The molecule has 0 saturated carbocycles. The molecule has 0 N–H and O–H groups in total. The van der Waals surface area contributed by atoms with Crippen molar-refractivity contribution >= 4 is 23.5 Å². The van der Waals surface area contributed by atoms with Gasteiger partial charge in [0, 0.05) is 24.2 Å². The lowest BCUT2D eigenvalue weighted by molar-refractivity contribution is -0.150. The van der Waals surface area contributed by atoms with Crippen molar-refractivity contribution in [2.24, 2.45) is 5.92 Å². The highest BCUT2D eigenvalue weighted by atomic mass is 16.6. The van der Waals surface area contributed by atoms with Crippen LogP contribution in [0.15, 0.2) is 34.7 Å². The van der Waals surface area contributed by atoms with Crippen LogP contribution in [-0.2, 0) is 25.7 Å². The minimum absolute atomic E-state index is 0.0799. The summed E-state index contributed by atoms with van der Waals surface area (Å²) >= 11 is 0. The van der Waals surface area contributed by atoms with Gasteiger partial charge in [0.2, 0.25) is 11.7 Å². The summed E-state index contributed by atoms with van der Waals surface area (Å²) < 4.78 is 20.7. The fourth-order valence-corrected chi connectivity index (χ4v) is 3.18. The summed E-state index contributed by atoms with van der Waals surface area (Å²) in [5.74, 6) is -0.643. The Morgan fingerprint density at radius 1 is 1.24 bits per heavy atom. The zero-order valence-electron chi connectivity index (χ0n) is 16.6. The maximum Gasteiger partial charge on any atom is 0.374 e. The predicted molar refractivity (Wildman–Crippen MR) is 103 cm³/mol. The zero-order chi connectivity index (χ0) is 21.0. The van der Waals surface area contributed by atoms with Crippen LogP contribution in [0.1, 0.15) is 35.2 Å². The number of methoxy groups -OCH3 is 1. The van der Waals surface area contributed by atoms with E-state index in [2.05, 4.69) is 4.74 Å². The van der Waals surface area contributed by atoms with E-state index >= 15 is 0 Å². The Labute approximate surface area is 168 Å². The summed E-state index contributed by atoms with van der Waals surface area (Å²) in [4.78, 5) is 37.9. The molecule has 1 aromatic heterocycles. The Hall–Kier alpha value is -3.29. The monoisotopic (exact) mass is 401 g/mol. The van der Waals surface area contributed by atoms with Gasteiger partial charge in [0.25, 0.3) is 0 Å². The fourth-order valence-electron chi connectivity index (χ4n) is 3.18. The summed E-state index contributed by atoms with van der Waals surface area (Å²) in [5.41, 5.74) is 1.30. The van der Waals surface area contributed by atoms with Gasteiger partial charge in [-0.3, -0.25) is 9.59 Å². The summed E-state index contributed by atoms with van der Waals surface area (Å²) in [7, 11) is 1.26. The summed E-state index contributed by atoms with van der Waals surface area (Å²) in [5, 5.41) is 0. The van der Waals surface area contributed by atoms with Crippen LogP contribution in [0, 0.1) is 12.8 Å². The van der Waals surface area contributed by atoms with Gasteiger partial charge in [-0.15, -0.1) is 0 Å². The van der Waals surface area contributed by atoms with Crippen LogP contribution < -0.4 is 9.64 Å². The third-order valence-electron chi connectivity index (χ3n) is 4.61. The molecule has 1 aromatic carbocycles. The van der Waals surface area contributed by atoms with E-state index in [1.807, 2.05) is 6.92 Å². The number of hydrogen-bond acceptors (Lipinski definition) is 7. The van der Waals surface area contributed by atoms with Crippen LogP contribution in [0.25, 0.3) is 0 Å². The number of anilines is 1. The molecule has 1 aliphatic heterocycles. The van der Waals surface area contributed by atoms with Gasteiger partial charge in [0.1, 0.15) is 18.1 Å². The number of furan rings is 1. The van der Waals surface area contributed by atoms with E-state index in [0.717, 1.165) is 5.75 Å². The third-order valence-corrected chi connectivity index (χ3v) is 4.61.